The van der Waals surface area contributed by atoms with Gasteiger partial charge in [-0.05, 0) is 31.0 Å². The fourth-order valence-electron chi connectivity index (χ4n) is 3.44. The lowest BCUT2D eigenvalue weighted by molar-refractivity contribution is -0.128. The SMILES string of the molecule is CC(C(=O)NCCc1c[nH]c2ccccc12)N1CC(n2cccn2)C1. The maximum Gasteiger partial charge on any atom is 0.237 e. The van der Waals surface area contributed by atoms with E-state index in [1.54, 1.807) is 6.20 Å². The standard InChI is InChI=1S/C19H23N5O/c1-14(23-12-16(13-23)24-10-4-8-22-24)19(25)20-9-7-15-11-21-18-6-3-2-5-17(15)18/h2-6,8,10-11,14,16,21H,7,9,12-13H2,1H3,(H,20,25). The smallest absolute Gasteiger partial charge is 0.237 e. The predicted octanol–water partition coefficient (Wildman–Crippen LogP) is 1.97. The van der Waals surface area contributed by atoms with E-state index in [1.807, 2.05) is 42.2 Å². The van der Waals surface area contributed by atoms with Crippen LogP contribution in [0.2, 0.25) is 0 Å². The van der Waals surface area contributed by atoms with Crippen molar-refractivity contribution in [3.05, 3.63) is 54.5 Å². The van der Waals surface area contributed by atoms with E-state index in [0.29, 0.717) is 12.6 Å². The Balaban J connectivity index is 1.25. The number of para-hydroxylation sites is 1. The Morgan fingerprint density at radius 3 is 3.00 bits per heavy atom. The normalized spacial score (nSPS) is 16.7. The Kier molecular flexibility index (Phi) is 4.28. The van der Waals surface area contributed by atoms with Crippen LogP contribution in [-0.2, 0) is 11.2 Å². The highest BCUT2D eigenvalue weighted by atomic mass is 16.2. The summed E-state index contributed by atoms with van der Waals surface area (Å²) in [7, 11) is 0. The van der Waals surface area contributed by atoms with Gasteiger partial charge in [-0.1, -0.05) is 18.2 Å². The molecule has 0 aliphatic carbocycles. The third-order valence-corrected chi connectivity index (χ3v) is 5.09. The van der Waals surface area contributed by atoms with Crippen LogP contribution < -0.4 is 5.32 Å². The molecule has 0 radical (unpaired) electrons. The Hall–Kier alpha value is -2.60. The summed E-state index contributed by atoms with van der Waals surface area (Å²) < 4.78 is 1.97. The molecule has 1 amide bonds. The van der Waals surface area contributed by atoms with E-state index in [9.17, 15) is 4.79 Å². The average molecular weight is 337 g/mol. The number of aromatic amines is 1. The monoisotopic (exact) mass is 337 g/mol. The predicted molar refractivity (Wildman–Crippen MR) is 97.3 cm³/mol. The van der Waals surface area contributed by atoms with Gasteiger partial charge in [0.15, 0.2) is 0 Å². The summed E-state index contributed by atoms with van der Waals surface area (Å²) in [5.74, 6) is 0.0961. The van der Waals surface area contributed by atoms with E-state index in [1.165, 1.54) is 10.9 Å². The molecule has 25 heavy (non-hydrogen) atoms. The van der Waals surface area contributed by atoms with Crippen LogP contribution in [0.15, 0.2) is 48.9 Å². The first-order valence-electron chi connectivity index (χ1n) is 8.78. The number of rotatable bonds is 6. The molecule has 3 heterocycles. The van der Waals surface area contributed by atoms with Crippen molar-refractivity contribution in [2.24, 2.45) is 0 Å². The number of hydrogen-bond acceptors (Lipinski definition) is 3. The van der Waals surface area contributed by atoms with Crippen LogP contribution in [0.4, 0.5) is 0 Å². The highest BCUT2D eigenvalue weighted by Crippen LogP contribution is 2.22. The maximum absolute atomic E-state index is 12.4. The van der Waals surface area contributed by atoms with Crippen LogP contribution in [-0.4, -0.2) is 51.2 Å². The molecule has 0 bridgehead atoms. The number of benzene rings is 1. The van der Waals surface area contributed by atoms with Crippen molar-refractivity contribution in [1.29, 1.82) is 0 Å². The number of carbonyl (C=O) groups is 1. The summed E-state index contributed by atoms with van der Waals surface area (Å²) in [5, 5.41) is 8.56. The summed E-state index contributed by atoms with van der Waals surface area (Å²) in [5.41, 5.74) is 2.38. The minimum absolute atomic E-state index is 0.0961. The molecule has 1 saturated heterocycles. The van der Waals surface area contributed by atoms with Crippen LogP contribution in [0.3, 0.4) is 0 Å². The number of amides is 1. The second-order valence-corrected chi connectivity index (χ2v) is 6.67. The van der Waals surface area contributed by atoms with Gasteiger partial charge in [-0.3, -0.25) is 14.4 Å². The molecule has 130 valence electrons. The van der Waals surface area contributed by atoms with Crippen molar-refractivity contribution < 1.29 is 4.79 Å². The van der Waals surface area contributed by atoms with Gasteiger partial charge >= 0.3 is 0 Å². The Morgan fingerprint density at radius 1 is 1.36 bits per heavy atom. The summed E-state index contributed by atoms with van der Waals surface area (Å²) in [6, 6.07) is 10.5. The summed E-state index contributed by atoms with van der Waals surface area (Å²) in [4.78, 5) is 17.8. The Morgan fingerprint density at radius 2 is 2.20 bits per heavy atom. The molecule has 2 aromatic heterocycles. The lowest BCUT2D eigenvalue weighted by atomic mass is 10.1. The minimum Gasteiger partial charge on any atom is -0.361 e. The zero-order valence-electron chi connectivity index (χ0n) is 14.4. The van der Waals surface area contributed by atoms with E-state index in [2.05, 4.69) is 32.4 Å². The number of nitrogens with one attached hydrogen (secondary N) is 2. The first-order chi connectivity index (χ1) is 12.2. The first kappa shape index (κ1) is 15.9. The van der Waals surface area contributed by atoms with Gasteiger partial charge in [0.05, 0.1) is 12.1 Å². The molecule has 0 spiro atoms. The van der Waals surface area contributed by atoms with Gasteiger partial charge in [0.25, 0.3) is 0 Å². The van der Waals surface area contributed by atoms with Crippen LogP contribution in [0.25, 0.3) is 10.9 Å². The van der Waals surface area contributed by atoms with Gasteiger partial charge < -0.3 is 10.3 Å². The quantitative estimate of drug-likeness (QED) is 0.723. The second-order valence-electron chi connectivity index (χ2n) is 6.67. The lowest BCUT2D eigenvalue weighted by Gasteiger charge is -2.42. The summed E-state index contributed by atoms with van der Waals surface area (Å²) in [6.45, 7) is 4.37. The van der Waals surface area contributed by atoms with Crippen molar-refractivity contribution >= 4 is 16.8 Å². The minimum atomic E-state index is -0.102. The van der Waals surface area contributed by atoms with E-state index >= 15 is 0 Å². The van der Waals surface area contributed by atoms with Gasteiger partial charge in [-0.15, -0.1) is 0 Å². The van der Waals surface area contributed by atoms with Crippen molar-refractivity contribution in [3.8, 4) is 0 Å². The third-order valence-electron chi connectivity index (χ3n) is 5.09. The lowest BCUT2D eigenvalue weighted by Crippen LogP contribution is -2.56. The Labute approximate surface area is 146 Å². The molecule has 1 aromatic carbocycles. The van der Waals surface area contributed by atoms with Crippen molar-refractivity contribution in [3.63, 3.8) is 0 Å². The second kappa shape index (κ2) is 6.72. The van der Waals surface area contributed by atoms with Crippen LogP contribution in [0, 0.1) is 0 Å². The van der Waals surface area contributed by atoms with Crippen molar-refractivity contribution in [2.45, 2.75) is 25.4 Å². The van der Waals surface area contributed by atoms with Crippen molar-refractivity contribution in [2.75, 3.05) is 19.6 Å². The first-order valence-corrected chi connectivity index (χ1v) is 8.78. The molecule has 1 fully saturated rings. The van der Waals surface area contributed by atoms with Gasteiger partial charge in [-0.2, -0.15) is 5.10 Å². The molecular weight excluding hydrogens is 314 g/mol. The number of nitrogens with zero attached hydrogens (tertiary/aromatic N) is 3. The molecule has 6 nitrogen and oxygen atoms in total. The maximum atomic E-state index is 12.4. The Bertz CT molecular complexity index is 848. The molecule has 1 unspecified atom stereocenters. The molecule has 3 aromatic rings. The van der Waals surface area contributed by atoms with Crippen molar-refractivity contribution in [1.82, 2.24) is 25.0 Å². The van der Waals surface area contributed by atoms with Crippen LogP contribution in [0.5, 0.6) is 0 Å². The van der Waals surface area contributed by atoms with Crippen LogP contribution >= 0.6 is 0 Å². The fourth-order valence-corrected chi connectivity index (χ4v) is 3.44. The van der Waals surface area contributed by atoms with Gasteiger partial charge in [-0.25, -0.2) is 0 Å². The van der Waals surface area contributed by atoms with E-state index in [4.69, 9.17) is 0 Å². The highest BCUT2D eigenvalue weighted by molar-refractivity contribution is 5.83. The van der Waals surface area contributed by atoms with Gasteiger partial charge in [0.1, 0.15) is 0 Å². The topological polar surface area (TPSA) is 66.0 Å². The summed E-state index contributed by atoms with van der Waals surface area (Å²) >= 11 is 0. The molecule has 1 aliphatic heterocycles. The zero-order valence-corrected chi connectivity index (χ0v) is 14.4. The molecule has 1 atom stereocenters. The van der Waals surface area contributed by atoms with E-state index in [0.717, 1.165) is 25.0 Å². The number of H-pyrrole nitrogens is 1. The highest BCUT2D eigenvalue weighted by Gasteiger charge is 2.34. The largest absolute Gasteiger partial charge is 0.361 e. The third kappa shape index (κ3) is 3.17. The zero-order chi connectivity index (χ0) is 17.2. The summed E-state index contributed by atoms with van der Waals surface area (Å²) in [6.07, 6.45) is 6.64. The van der Waals surface area contributed by atoms with E-state index in [-0.39, 0.29) is 11.9 Å². The van der Waals surface area contributed by atoms with Gasteiger partial charge in [0.2, 0.25) is 5.91 Å². The molecule has 0 saturated carbocycles. The fraction of sp³-hybridized carbons (Fsp3) is 0.368. The molecule has 6 heteroatoms. The number of aromatic nitrogens is 3. The average Bonchev–Trinajstić information content (AvgIpc) is 3.24. The number of fused-ring (bicyclic) bond motifs is 1. The molecule has 2 N–H and O–H groups in total. The molecule has 1 aliphatic rings. The van der Waals surface area contributed by atoms with Crippen LogP contribution in [0.1, 0.15) is 18.5 Å². The number of hydrogen-bond donors (Lipinski definition) is 2. The van der Waals surface area contributed by atoms with Gasteiger partial charge in [0, 0.05) is 49.1 Å². The number of carbonyl (C=O) groups excluding carboxylic acids is 1. The molecular formula is C19H23N5O. The number of likely N-dealkylation sites (tertiary alicyclic amines) is 1. The molecule has 4 rings (SSSR count). The van der Waals surface area contributed by atoms with E-state index < -0.39 is 0 Å².